The van der Waals surface area contributed by atoms with Gasteiger partial charge in [-0.05, 0) is 43.3 Å². The van der Waals surface area contributed by atoms with E-state index < -0.39 is 5.97 Å². The van der Waals surface area contributed by atoms with Gasteiger partial charge in [0.1, 0.15) is 5.76 Å². The Morgan fingerprint density at radius 1 is 1.00 bits per heavy atom. The molecule has 0 amide bonds. The van der Waals surface area contributed by atoms with Crippen LogP contribution < -0.4 is 0 Å². The van der Waals surface area contributed by atoms with Gasteiger partial charge in [0.05, 0.1) is 5.56 Å². The number of rotatable bonds is 3. The Balaban J connectivity index is 1.91. The van der Waals surface area contributed by atoms with Crippen molar-refractivity contribution in [1.29, 1.82) is 0 Å². The fourth-order valence-corrected chi connectivity index (χ4v) is 1.74. The molecule has 0 unspecified atom stereocenters. The summed E-state index contributed by atoms with van der Waals surface area (Å²) in [6.07, 6.45) is 0. The predicted octanol–water partition coefficient (Wildman–Crippen LogP) is 3.00. The first-order chi connectivity index (χ1) is 9.63. The van der Waals surface area contributed by atoms with Gasteiger partial charge in [0.15, 0.2) is 5.76 Å². The van der Waals surface area contributed by atoms with Crippen LogP contribution in [-0.4, -0.2) is 21.3 Å². The third-order valence-corrected chi connectivity index (χ3v) is 2.75. The Kier molecular flexibility index (Phi) is 2.83. The zero-order chi connectivity index (χ0) is 14.1. The molecule has 2 aromatic heterocycles. The summed E-state index contributed by atoms with van der Waals surface area (Å²) in [4.78, 5) is 10.8. The van der Waals surface area contributed by atoms with Gasteiger partial charge in [-0.2, -0.15) is 0 Å². The highest BCUT2D eigenvalue weighted by molar-refractivity contribution is 5.88. The maximum atomic E-state index is 10.8. The van der Waals surface area contributed by atoms with Gasteiger partial charge in [-0.25, -0.2) is 4.79 Å². The first-order valence-electron chi connectivity index (χ1n) is 5.87. The topological polar surface area (TPSA) is 89.4 Å². The lowest BCUT2D eigenvalue weighted by molar-refractivity contribution is 0.0697. The average Bonchev–Trinajstić information content (AvgIpc) is 3.07. The highest BCUT2D eigenvalue weighted by Gasteiger charge is 2.13. The molecular formula is C14H10N2O4. The van der Waals surface area contributed by atoms with Crippen LogP contribution in [0.4, 0.5) is 0 Å². The van der Waals surface area contributed by atoms with Crippen molar-refractivity contribution < 1.29 is 18.7 Å². The van der Waals surface area contributed by atoms with Crippen LogP contribution in [-0.2, 0) is 0 Å². The number of carboxylic acids is 1. The maximum absolute atomic E-state index is 10.8. The van der Waals surface area contributed by atoms with Crippen LogP contribution in [0.15, 0.2) is 45.2 Å². The number of carboxylic acid groups (broad SMARTS) is 1. The van der Waals surface area contributed by atoms with Crippen LogP contribution in [0.1, 0.15) is 16.1 Å². The van der Waals surface area contributed by atoms with E-state index in [4.69, 9.17) is 13.9 Å². The molecule has 0 saturated heterocycles. The van der Waals surface area contributed by atoms with E-state index >= 15 is 0 Å². The van der Waals surface area contributed by atoms with Crippen LogP contribution in [0.25, 0.3) is 23.1 Å². The van der Waals surface area contributed by atoms with E-state index in [1.807, 2.05) is 6.92 Å². The minimum absolute atomic E-state index is 0.204. The van der Waals surface area contributed by atoms with Gasteiger partial charge in [-0.15, -0.1) is 10.2 Å². The third-order valence-electron chi connectivity index (χ3n) is 2.75. The van der Waals surface area contributed by atoms with E-state index in [-0.39, 0.29) is 11.5 Å². The number of benzene rings is 1. The van der Waals surface area contributed by atoms with Gasteiger partial charge in [-0.1, -0.05) is 0 Å². The minimum atomic E-state index is -0.978. The monoisotopic (exact) mass is 270 g/mol. The second-order valence-electron chi connectivity index (χ2n) is 4.21. The van der Waals surface area contributed by atoms with Crippen LogP contribution in [0.3, 0.4) is 0 Å². The molecule has 2 heterocycles. The Hall–Kier alpha value is -2.89. The highest BCUT2D eigenvalue weighted by Crippen LogP contribution is 2.25. The Labute approximate surface area is 113 Å². The molecular weight excluding hydrogens is 260 g/mol. The number of aryl methyl sites for hydroxylation is 1. The molecule has 0 saturated carbocycles. The van der Waals surface area contributed by atoms with Crippen molar-refractivity contribution in [3.63, 3.8) is 0 Å². The van der Waals surface area contributed by atoms with Crippen molar-refractivity contribution in [2.24, 2.45) is 0 Å². The lowest BCUT2D eigenvalue weighted by Crippen LogP contribution is -1.94. The van der Waals surface area contributed by atoms with Gasteiger partial charge >= 0.3 is 5.97 Å². The molecule has 0 atom stereocenters. The predicted molar refractivity (Wildman–Crippen MR) is 69.1 cm³/mol. The molecule has 0 aliphatic rings. The van der Waals surface area contributed by atoms with Crippen molar-refractivity contribution in [3.8, 4) is 23.1 Å². The van der Waals surface area contributed by atoms with Gasteiger partial charge in [0.2, 0.25) is 5.89 Å². The lowest BCUT2D eigenvalue weighted by atomic mass is 10.1. The van der Waals surface area contributed by atoms with E-state index in [2.05, 4.69) is 10.2 Å². The maximum Gasteiger partial charge on any atom is 0.335 e. The molecule has 0 spiro atoms. The summed E-state index contributed by atoms with van der Waals surface area (Å²) in [5.74, 6) is 0.879. The molecule has 0 fully saturated rings. The van der Waals surface area contributed by atoms with Crippen LogP contribution >= 0.6 is 0 Å². The number of furan rings is 1. The van der Waals surface area contributed by atoms with Crippen LogP contribution in [0, 0.1) is 6.92 Å². The molecule has 3 aromatic rings. The largest absolute Gasteiger partial charge is 0.478 e. The molecule has 6 heteroatoms. The molecule has 1 aromatic carbocycles. The van der Waals surface area contributed by atoms with Gasteiger partial charge < -0.3 is 13.9 Å². The summed E-state index contributed by atoms with van der Waals surface area (Å²) < 4.78 is 10.9. The molecule has 1 N–H and O–H groups in total. The van der Waals surface area contributed by atoms with Crippen molar-refractivity contribution in [2.45, 2.75) is 6.92 Å². The molecule has 0 aliphatic carbocycles. The smallest absolute Gasteiger partial charge is 0.335 e. The number of hydrogen-bond acceptors (Lipinski definition) is 5. The Morgan fingerprint density at radius 2 is 1.70 bits per heavy atom. The first-order valence-corrected chi connectivity index (χ1v) is 5.87. The van der Waals surface area contributed by atoms with Crippen molar-refractivity contribution in [1.82, 2.24) is 10.2 Å². The fraction of sp³-hybridized carbons (Fsp3) is 0.0714. The zero-order valence-corrected chi connectivity index (χ0v) is 10.5. The summed E-state index contributed by atoms with van der Waals surface area (Å²) in [6.45, 7) is 1.82. The lowest BCUT2D eigenvalue weighted by Gasteiger charge is -1.96. The third kappa shape index (κ3) is 2.18. The summed E-state index contributed by atoms with van der Waals surface area (Å²) >= 11 is 0. The second-order valence-corrected chi connectivity index (χ2v) is 4.21. The van der Waals surface area contributed by atoms with E-state index in [0.29, 0.717) is 17.2 Å². The van der Waals surface area contributed by atoms with E-state index in [1.165, 1.54) is 12.1 Å². The number of aromatic carboxylic acids is 1. The molecule has 6 nitrogen and oxygen atoms in total. The minimum Gasteiger partial charge on any atom is -0.478 e. The number of aromatic nitrogens is 2. The Morgan fingerprint density at radius 3 is 2.30 bits per heavy atom. The highest BCUT2D eigenvalue weighted by atomic mass is 16.4. The number of hydrogen-bond donors (Lipinski definition) is 1. The molecule has 3 rings (SSSR count). The van der Waals surface area contributed by atoms with E-state index in [9.17, 15) is 4.79 Å². The number of nitrogens with zero attached hydrogens (tertiary/aromatic N) is 2. The van der Waals surface area contributed by atoms with Gasteiger partial charge in [0, 0.05) is 5.56 Å². The zero-order valence-electron chi connectivity index (χ0n) is 10.5. The van der Waals surface area contributed by atoms with E-state index in [1.54, 1.807) is 24.3 Å². The second kappa shape index (κ2) is 4.65. The Bertz CT molecular complexity index is 756. The van der Waals surface area contributed by atoms with Crippen molar-refractivity contribution in [3.05, 3.63) is 47.7 Å². The standard InChI is InChI=1S/C14H10N2O4/c1-8-2-7-11(19-8)13-16-15-12(20-13)9-3-5-10(6-4-9)14(17)18/h2-7H,1H3,(H,17,18). The SMILES string of the molecule is Cc1ccc(-c2nnc(-c3ccc(C(=O)O)cc3)o2)o1. The molecule has 20 heavy (non-hydrogen) atoms. The molecule has 0 radical (unpaired) electrons. The van der Waals surface area contributed by atoms with Crippen LogP contribution in [0.5, 0.6) is 0 Å². The van der Waals surface area contributed by atoms with Gasteiger partial charge in [0.25, 0.3) is 5.89 Å². The summed E-state index contributed by atoms with van der Waals surface area (Å²) in [5, 5.41) is 16.7. The summed E-state index contributed by atoms with van der Waals surface area (Å²) in [5.41, 5.74) is 0.854. The summed E-state index contributed by atoms with van der Waals surface area (Å²) in [7, 11) is 0. The molecule has 0 aliphatic heterocycles. The van der Waals surface area contributed by atoms with E-state index in [0.717, 1.165) is 5.76 Å². The fourth-order valence-electron chi connectivity index (χ4n) is 1.74. The molecule has 0 bridgehead atoms. The van der Waals surface area contributed by atoms with Crippen molar-refractivity contribution in [2.75, 3.05) is 0 Å². The first kappa shape index (κ1) is 12.2. The average molecular weight is 270 g/mol. The number of carbonyl (C=O) groups is 1. The normalized spacial score (nSPS) is 10.7. The van der Waals surface area contributed by atoms with Gasteiger partial charge in [-0.3, -0.25) is 0 Å². The summed E-state index contributed by atoms with van der Waals surface area (Å²) in [6, 6.07) is 9.76. The molecule has 100 valence electrons. The van der Waals surface area contributed by atoms with Crippen LogP contribution in [0.2, 0.25) is 0 Å². The van der Waals surface area contributed by atoms with Crippen molar-refractivity contribution >= 4 is 5.97 Å². The quantitative estimate of drug-likeness (QED) is 0.786.